The van der Waals surface area contributed by atoms with Gasteiger partial charge in [-0.2, -0.15) is 0 Å². The smallest absolute Gasteiger partial charge is 0.253 e. The van der Waals surface area contributed by atoms with Crippen molar-refractivity contribution in [3.8, 4) is 5.75 Å². The third-order valence-corrected chi connectivity index (χ3v) is 8.51. The minimum atomic E-state index is 0.0636. The molecule has 0 atom stereocenters. The van der Waals surface area contributed by atoms with Gasteiger partial charge in [0.15, 0.2) is 5.78 Å². The van der Waals surface area contributed by atoms with E-state index in [2.05, 4.69) is 29.2 Å². The molecular weight excluding hydrogens is 508 g/mol. The summed E-state index contributed by atoms with van der Waals surface area (Å²) in [6.45, 7) is 4.42. The van der Waals surface area contributed by atoms with Crippen LogP contribution in [0.15, 0.2) is 66.7 Å². The Labute approximate surface area is 236 Å². The van der Waals surface area contributed by atoms with Crippen LogP contribution in [0.1, 0.15) is 63.1 Å². The number of piperidine rings is 1. The number of halogens is 1. The van der Waals surface area contributed by atoms with Crippen molar-refractivity contribution >= 4 is 23.3 Å². The lowest BCUT2D eigenvalue weighted by molar-refractivity contribution is 0.0681. The van der Waals surface area contributed by atoms with Crippen molar-refractivity contribution in [3.63, 3.8) is 0 Å². The van der Waals surface area contributed by atoms with Crippen LogP contribution in [0.25, 0.3) is 0 Å². The minimum absolute atomic E-state index is 0.0636. The summed E-state index contributed by atoms with van der Waals surface area (Å²) in [6, 6.07) is 21.7. The Balaban J connectivity index is 1.09. The van der Waals surface area contributed by atoms with Crippen LogP contribution in [0.3, 0.4) is 0 Å². The summed E-state index contributed by atoms with van der Waals surface area (Å²) in [4.78, 5) is 30.3. The number of methoxy groups -OCH3 is 1. The van der Waals surface area contributed by atoms with Gasteiger partial charge >= 0.3 is 0 Å². The quantitative estimate of drug-likeness (QED) is 0.305. The molecule has 5 nitrogen and oxygen atoms in total. The largest absolute Gasteiger partial charge is 0.497 e. The number of fused-ring (bicyclic) bond motifs is 1. The number of rotatable bonds is 8. The van der Waals surface area contributed by atoms with Gasteiger partial charge in [0.25, 0.3) is 5.91 Å². The standard InChI is InChI=1S/C33H37ClN2O3/c1-39-31-11-2-25(3-12-31)23-35-18-16-26-5-6-29(22-28(26)17-19-35)32(37)13-4-24-14-20-36(21-15-24)33(38)27-7-9-30(34)10-8-27/h2-3,5-12,22,24H,4,13-21,23H2,1H3. The van der Waals surface area contributed by atoms with Gasteiger partial charge in [0, 0.05) is 55.3 Å². The highest BCUT2D eigenvalue weighted by Gasteiger charge is 2.24. The number of Topliss-reactive ketones (excluding diaryl/α,β-unsaturated/α-hetero) is 1. The minimum Gasteiger partial charge on any atom is -0.497 e. The fourth-order valence-corrected chi connectivity index (χ4v) is 5.90. The van der Waals surface area contributed by atoms with Crippen molar-refractivity contribution in [1.29, 1.82) is 0 Å². The molecule has 5 rings (SSSR count). The molecule has 1 saturated heterocycles. The number of carbonyl (C=O) groups excluding carboxylic acids is 2. The van der Waals surface area contributed by atoms with E-state index in [9.17, 15) is 9.59 Å². The number of likely N-dealkylation sites (tertiary alicyclic amines) is 1. The second-order valence-electron chi connectivity index (χ2n) is 10.8. The number of hydrogen-bond donors (Lipinski definition) is 0. The maximum Gasteiger partial charge on any atom is 0.253 e. The maximum atomic E-state index is 13.1. The van der Waals surface area contributed by atoms with Crippen LogP contribution in [0.5, 0.6) is 5.75 Å². The lowest BCUT2D eigenvalue weighted by atomic mass is 9.89. The maximum absolute atomic E-state index is 13.1. The predicted molar refractivity (Wildman–Crippen MR) is 156 cm³/mol. The molecule has 3 aromatic rings. The molecular formula is C33H37ClN2O3. The van der Waals surface area contributed by atoms with Crippen LogP contribution in [-0.2, 0) is 19.4 Å². The monoisotopic (exact) mass is 544 g/mol. The van der Waals surface area contributed by atoms with Crippen molar-refractivity contribution in [2.75, 3.05) is 33.3 Å². The lowest BCUT2D eigenvalue weighted by Crippen LogP contribution is -2.38. The zero-order valence-electron chi connectivity index (χ0n) is 22.7. The first-order valence-electron chi connectivity index (χ1n) is 14.0. The summed E-state index contributed by atoms with van der Waals surface area (Å²) in [7, 11) is 1.69. The molecule has 0 unspecified atom stereocenters. The van der Waals surface area contributed by atoms with Crippen LogP contribution in [0.4, 0.5) is 0 Å². The van der Waals surface area contributed by atoms with Crippen molar-refractivity contribution in [2.24, 2.45) is 5.92 Å². The first kappa shape index (κ1) is 27.4. The van der Waals surface area contributed by atoms with E-state index in [1.165, 1.54) is 16.7 Å². The van der Waals surface area contributed by atoms with E-state index >= 15 is 0 Å². The van der Waals surface area contributed by atoms with E-state index in [4.69, 9.17) is 16.3 Å². The zero-order chi connectivity index (χ0) is 27.2. The Hall–Kier alpha value is -3.15. The molecule has 2 aliphatic heterocycles. The molecule has 0 aliphatic carbocycles. The van der Waals surface area contributed by atoms with Crippen LogP contribution >= 0.6 is 11.6 Å². The Morgan fingerprint density at radius 3 is 2.21 bits per heavy atom. The highest BCUT2D eigenvalue weighted by molar-refractivity contribution is 6.30. The van der Waals surface area contributed by atoms with Gasteiger partial charge in [-0.3, -0.25) is 14.5 Å². The summed E-state index contributed by atoms with van der Waals surface area (Å²) in [5.74, 6) is 1.66. The van der Waals surface area contributed by atoms with E-state index in [1.54, 1.807) is 31.4 Å². The molecule has 1 fully saturated rings. The average Bonchev–Trinajstić information content (AvgIpc) is 3.18. The summed E-state index contributed by atoms with van der Waals surface area (Å²) < 4.78 is 5.28. The molecule has 0 radical (unpaired) electrons. The molecule has 0 bridgehead atoms. The van der Waals surface area contributed by atoms with Gasteiger partial charge in [-0.1, -0.05) is 35.9 Å². The molecule has 39 heavy (non-hydrogen) atoms. The third-order valence-electron chi connectivity index (χ3n) is 8.26. The fourth-order valence-electron chi connectivity index (χ4n) is 5.77. The summed E-state index contributed by atoms with van der Waals surface area (Å²) in [5, 5.41) is 0.635. The van der Waals surface area contributed by atoms with Gasteiger partial charge in [0.05, 0.1) is 7.11 Å². The van der Waals surface area contributed by atoms with Crippen LogP contribution in [0, 0.1) is 5.92 Å². The summed E-state index contributed by atoms with van der Waals surface area (Å²) in [6.07, 6.45) is 5.31. The van der Waals surface area contributed by atoms with Crippen molar-refractivity contribution < 1.29 is 14.3 Å². The number of carbonyl (C=O) groups is 2. The number of nitrogens with zero attached hydrogens (tertiary/aromatic N) is 2. The Bertz CT molecular complexity index is 1280. The zero-order valence-corrected chi connectivity index (χ0v) is 23.5. The molecule has 2 heterocycles. The molecule has 2 aliphatic rings. The molecule has 6 heteroatoms. The van der Waals surface area contributed by atoms with Crippen molar-refractivity contribution in [2.45, 2.75) is 45.1 Å². The molecule has 204 valence electrons. The topological polar surface area (TPSA) is 49.9 Å². The second-order valence-corrected chi connectivity index (χ2v) is 11.2. The van der Waals surface area contributed by atoms with Crippen molar-refractivity contribution in [3.05, 3.63) is 99.6 Å². The van der Waals surface area contributed by atoms with Gasteiger partial charge in [0.2, 0.25) is 0 Å². The van der Waals surface area contributed by atoms with Crippen LogP contribution in [0.2, 0.25) is 5.02 Å². The second kappa shape index (κ2) is 12.8. The first-order chi connectivity index (χ1) is 19.0. The predicted octanol–water partition coefficient (Wildman–Crippen LogP) is 6.46. The SMILES string of the molecule is COc1ccc(CN2CCc3ccc(C(=O)CCC4CCN(C(=O)c5ccc(Cl)cc5)CC4)cc3CC2)cc1. The van der Waals surface area contributed by atoms with Gasteiger partial charge in [-0.25, -0.2) is 0 Å². The van der Waals surface area contributed by atoms with Crippen LogP contribution in [-0.4, -0.2) is 54.8 Å². The number of hydrogen-bond acceptors (Lipinski definition) is 4. The number of ketones is 1. The van der Waals surface area contributed by atoms with E-state index in [1.807, 2.05) is 23.1 Å². The number of amides is 1. The third kappa shape index (κ3) is 7.09. The molecule has 3 aromatic carbocycles. The van der Waals surface area contributed by atoms with Gasteiger partial charge in [-0.15, -0.1) is 0 Å². The Kier molecular flexibility index (Phi) is 9.00. The average molecular weight is 545 g/mol. The van der Waals surface area contributed by atoms with E-state index in [0.29, 0.717) is 22.9 Å². The number of ether oxygens (including phenoxy) is 1. The van der Waals surface area contributed by atoms with Gasteiger partial charge in [0.1, 0.15) is 5.75 Å². The Morgan fingerprint density at radius 1 is 0.846 bits per heavy atom. The molecule has 0 aromatic heterocycles. The number of benzene rings is 3. The van der Waals surface area contributed by atoms with Gasteiger partial charge < -0.3 is 9.64 Å². The van der Waals surface area contributed by atoms with Crippen molar-refractivity contribution in [1.82, 2.24) is 9.80 Å². The molecule has 1 amide bonds. The summed E-state index contributed by atoms with van der Waals surface area (Å²) >= 11 is 5.95. The molecule has 0 N–H and O–H groups in total. The summed E-state index contributed by atoms with van der Waals surface area (Å²) in [5.41, 5.74) is 5.49. The normalized spacial score (nSPS) is 16.4. The lowest BCUT2D eigenvalue weighted by Gasteiger charge is -2.32. The molecule has 0 saturated carbocycles. The highest BCUT2D eigenvalue weighted by atomic mass is 35.5. The van der Waals surface area contributed by atoms with E-state index in [0.717, 1.165) is 76.1 Å². The van der Waals surface area contributed by atoms with E-state index in [-0.39, 0.29) is 11.7 Å². The van der Waals surface area contributed by atoms with E-state index < -0.39 is 0 Å². The fraction of sp³-hybridized carbons (Fsp3) is 0.394. The first-order valence-corrected chi connectivity index (χ1v) is 14.4. The molecule has 0 spiro atoms. The Morgan fingerprint density at radius 2 is 1.51 bits per heavy atom. The highest BCUT2D eigenvalue weighted by Crippen LogP contribution is 2.26. The van der Waals surface area contributed by atoms with Crippen LogP contribution < -0.4 is 4.74 Å². The van der Waals surface area contributed by atoms with Gasteiger partial charge in [-0.05, 0) is 97.2 Å².